The van der Waals surface area contributed by atoms with Crippen LogP contribution in [0.15, 0.2) is 11.1 Å². The van der Waals surface area contributed by atoms with E-state index in [-0.39, 0.29) is 30.3 Å². The molecule has 5 N–H and O–H groups in total. The van der Waals surface area contributed by atoms with E-state index in [0.717, 1.165) is 0 Å². The average Bonchev–Trinajstić information content (AvgIpc) is 3.09. The van der Waals surface area contributed by atoms with Crippen LogP contribution in [0.5, 0.6) is 0 Å². The molecule has 0 saturated carbocycles. The molecule has 1 aliphatic heterocycles. The lowest BCUT2D eigenvalue weighted by Crippen LogP contribution is -2.37. The van der Waals surface area contributed by atoms with Gasteiger partial charge in [-0.25, -0.2) is 4.98 Å². The number of methoxy groups -OCH3 is 1. The minimum Gasteiger partial charge on any atom is -0.394 e. The van der Waals surface area contributed by atoms with Crippen LogP contribution in [0.25, 0.3) is 11.2 Å². The highest BCUT2D eigenvalue weighted by molar-refractivity contribution is 5.70. The van der Waals surface area contributed by atoms with Crippen LogP contribution in [0.3, 0.4) is 0 Å². The lowest BCUT2D eigenvalue weighted by molar-refractivity contribution is -0.0678. The molecule has 11 heteroatoms. The zero-order valence-electron chi connectivity index (χ0n) is 13.0. The third-order valence-corrected chi connectivity index (χ3v) is 3.81. The van der Waals surface area contributed by atoms with Crippen molar-refractivity contribution in [1.82, 2.24) is 19.5 Å². The maximum absolute atomic E-state index is 11.8. The van der Waals surface area contributed by atoms with Crippen molar-refractivity contribution in [3.63, 3.8) is 0 Å². The molecule has 0 unspecified atom stereocenters. The van der Waals surface area contributed by atoms with E-state index >= 15 is 0 Å². The maximum atomic E-state index is 11.8. The Morgan fingerprint density at radius 1 is 1.50 bits per heavy atom. The molecule has 3 rings (SSSR count). The van der Waals surface area contributed by atoms with Gasteiger partial charge in [0.2, 0.25) is 5.95 Å². The van der Waals surface area contributed by atoms with Gasteiger partial charge in [0.1, 0.15) is 18.3 Å². The topological polar surface area (TPSA) is 158 Å². The lowest BCUT2D eigenvalue weighted by Gasteiger charge is -2.19. The normalized spacial score (nSPS) is 27.1. The van der Waals surface area contributed by atoms with Crippen molar-refractivity contribution in [3.05, 3.63) is 16.7 Å². The molecule has 0 amide bonds. The standard InChI is InChI=1S/C13H19N5O6/c1-22-2-3-23-9-6(4-19)24-12(8(9)20)18-5-15-7-10(18)16-13(14)17-11(7)21/h5-6,8-9,12,19-20H,2-4H2,1H3,(H3,14,16,17,21)/t6-,8-,9-,12-/m1/s1. The molecule has 132 valence electrons. The highest BCUT2D eigenvalue weighted by Gasteiger charge is 2.45. The quantitative estimate of drug-likeness (QED) is 0.435. The summed E-state index contributed by atoms with van der Waals surface area (Å²) in [5.74, 6) is -0.0756. The van der Waals surface area contributed by atoms with Gasteiger partial charge in [-0.1, -0.05) is 0 Å². The fraction of sp³-hybridized carbons (Fsp3) is 0.615. The van der Waals surface area contributed by atoms with Gasteiger partial charge in [0.25, 0.3) is 5.56 Å². The van der Waals surface area contributed by atoms with Gasteiger partial charge in [0.05, 0.1) is 26.1 Å². The number of aromatic amines is 1. The zero-order chi connectivity index (χ0) is 17.3. The number of aromatic nitrogens is 4. The van der Waals surface area contributed by atoms with Crippen molar-refractivity contribution >= 4 is 17.1 Å². The molecule has 0 radical (unpaired) electrons. The van der Waals surface area contributed by atoms with Crippen LogP contribution in [0.2, 0.25) is 0 Å². The van der Waals surface area contributed by atoms with Crippen LogP contribution < -0.4 is 11.3 Å². The summed E-state index contributed by atoms with van der Waals surface area (Å²) in [6.07, 6.45) is -2.19. The molecule has 1 aliphatic rings. The Labute approximate surface area is 136 Å². The molecule has 1 fully saturated rings. The Bertz CT molecular complexity index is 761. The van der Waals surface area contributed by atoms with Crippen LogP contribution >= 0.6 is 0 Å². The monoisotopic (exact) mass is 341 g/mol. The summed E-state index contributed by atoms with van der Waals surface area (Å²) < 4.78 is 17.5. The molecule has 11 nitrogen and oxygen atoms in total. The Hall–Kier alpha value is -2.05. The summed E-state index contributed by atoms with van der Waals surface area (Å²) >= 11 is 0. The number of nitrogens with zero attached hydrogens (tertiary/aromatic N) is 3. The minimum atomic E-state index is -1.10. The number of anilines is 1. The van der Waals surface area contributed by atoms with Gasteiger partial charge in [0, 0.05) is 7.11 Å². The zero-order valence-corrected chi connectivity index (χ0v) is 13.0. The number of aliphatic hydroxyl groups excluding tert-OH is 2. The molecule has 2 aromatic heterocycles. The van der Waals surface area contributed by atoms with Crippen LogP contribution in [0.4, 0.5) is 5.95 Å². The van der Waals surface area contributed by atoms with Gasteiger partial charge in [-0.05, 0) is 0 Å². The van der Waals surface area contributed by atoms with Gasteiger partial charge < -0.3 is 30.2 Å². The molecule has 0 aromatic carbocycles. The smallest absolute Gasteiger partial charge is 0.280 e. The van der Waals surface area contributed by atoms with Crippen LogP contribution in [-0.2, 0) is 14.2 Å². The molecule has 0 spiro atoms. The van der Waals surface area contributed by atoms with Crippen molar-refractivity contribution in [1.29, 1.82) is 0 Å². The Kier molecular flexibility index (Phi) is 4.78. The van der Waals surface area contributed by atoms with Crippen LogP contribution in [-0.4, -0.2) is 75.0 Å². The SMILES string of the molecule is COCCO[C@H]1[C@@H](O)[C@H](n2cnc3c(=O)[nH]c(N)nc32)O[C@@H]1CO. The molecule has 1 saturated heterocycles. The van der Waals surface area contributed by atoms with E-state index in [0.29, 0.717) is 6.61 Å². The summed E-state index contributed by atoms with van der Waals surface area (Å²) in [5, 5.41) is 20.0. The average molecular weight is 341 g/mol. The molecule has 24 heavy (non-hydrogen) atoms. The van der Waals surface area contributed by atoms with Crippen molar-refractivity contribution < 1.29 is 24.4 Å². The number of fused-ring (bicyclic) bond motifs is 1. The van der Waals surface area contributed by atoms with E-state index in [1.54, 1.807) is 0 Å². The van der Waals surface area contributed by atoms with Gasteiger partial charge in [0.15, 0.2) is 17.4 Å². The first-order valence-electron chi connectivity index (χ1n) is 7.34. The number of rotatable bonds is 6. The predicted octanol–water partition coefficient (Wildman–Crippen LogP) is -2.02. The van der Waals surface area contributed by atoms with Crippen LogP contribution in [0, 0.1) is 0 Å². The predicted molar refractivity (Wildman–Crippen MR) is 81.2 cm³/mol. The molecule has 0 bridgehead atoms. The van der Waals surface area contributed by atoms with E-state index in [1.807, 2.05) is 0 Å². The number of hydrogen-bond donors (Lipinski definition) is 4. The highest BCUT2D eigenvalue weighted by atomic mass is 16.6. The third kappa shape index (κ3) is 2.87. The number of aliphatic hydroxyl groups is 2. The maximum Gasteiger partial charge on any atom is 0.280 e. The van der Waals surface area contributed by atoms with E-state index in [4.69, 9.17) is 19.9 Å². The molecular formula is C13H19N5O6. The first kappa shape index (κ1) is 16.8. The summed E-state index contributed by atoms with van der Waals surface area (Å²) in [6.45, 7) is 0.238. The number of H-pyrrole nitrogens is 1. The second-order valence-electron chi connectivity index (χ2n) is 5.34. The first-order chi connectivity index (χ1) is 11.6. The van der Waals surface area contributed by atoms with Crippen molar-refractivity contribution in [2.24, 2.45) is 0 Å². The second-order valence-corrected chi connectivity index (χ2v) is 5.34. The molecule has 3 heterocycles. The van der Waals surface area contributed by atoms with E-state index in [9.17, 15) is 15.0 Å². The Balaban J connectivity index is 1.91. The van der Waals surface area contributed by atoms with Gasteiger partial charge >= 0.3 is 0 Å². The summed E-state index contributed by atoms with van der Waals surface area (Å²) in [6, 6.07) is 0. The lowest BCUT2D eigenvalue weighted by atomic mass is 10.1. The van der Waals surface area contributed by atoms with Gasteiger partial charge in [-0.15, -0.1) is 0 Å². The van der Waals surface area contributed by atoms with Crippen molar-refractivity contribution in [2.45, 2.75) is 24.5 Å². The highest BCUT2D eigenvalue weighted by Crippen LogP contribution is 2.32. The molecule has 0 aliphatic carbocycles. The van der Waals surface area contributed by atoms with Gasteiger partial charge in [-0.3, -0.25) is 14.3 Å². The van der Waals surface area contributed by atoms with Crippen LogP contribution in [0.1, 0.15) is 6.23 Å². The number of hydrogen-bond acceptors (Lipinski definition) is 9. The van der Waals surface area contributed by atoms with E-state index < -0.39 is 30.1 Å². The second kappa shape index (κ2) is 6.83. The summed E-state index contributed by atoms with van der Waals surface area (Å²) in [4.78, 5) is 22.2. The molecular weight excluding hydrogens is 322 g/mol. The summed E-state index contributed by atoms with van der Waals surface area (Å²) in [7, 11) is 1.53. The number of nitrogens with two attached hydrogens (primary N) is 1. The molecule has 4 atom stereocenters. The van der Waals surface area contributed by atoms with E-state index in [1.165, 1.54) is 18.0 Å². The summed E-state index contributed by atoms with van der Waals surface area (Å²) in [5.41, 5.74) is 5.32. The number of nitrogen functional groups attached to an aromatic ring is 1. The Morgan fingerprint density at radius 3 is 3.00 bits per heavy atom. The first-order valence-corrected chi connectivity index (χ1v) is 7.34. The third-order valence-electron chi connectivity index (χ3n) is 3.81. The number of nitrogens with one attached hydrogen (secondary N) is 1. The van der Waals surface area contributed by atoms with E-state index in [2.05, 4.69) is 15.0 Å². The van der Waals surface area contributed by atoms with Gasteiger partial charge in [-0.2, -0.15) is 4.98 Å². The number of ether oxygens (including phenoxy) is 3. The molecule has 2 aromatic rings. The van der Waals surface area contributed by atoms with Crippen molar-refractivity contribution in [2.75, 3.05) is 32.7 Å². The number of imidazole rings is 1. The fourth-order valence-corrected chi connectivity index (χ4v) is 2.70. The van der Waals surface area contributed by atoms with Crippen molar-refractivity contribution in [3.8, 4) is 0 Å². The minimum absolute atomic E-state index is 0.0734. The Morgan fingerprint density at radius 2 is 2.29 bits per heavy atom. The largest absolute Gasteiger partial charge is 0.394 e. The fourth-order valence-electron chi connectivity index (χ4n) is 2.70.